The van der Waals surface area contributed by atoms with E-state index in [9.17, 15) is 13.2 Å². The minimum Gasteiger partial charge on any atom is -0.314 e. The SMILES string of the molecule is CCc1ccc([C@H](CC(F)(F)F)N2CCNCC2)cc1.Cl. The molecule has 1 heterocycles. The van der Waals surface area contributed by atoms with Gasteiger partial charge in [0.25, 0.3) is 0 Å². The van der Waals surface area contributed by atoms with Crippen LogP contribution in [0.3, 0.4) is 0 Å². The summed E-state index contributed by atoms with van der Waals surface area (Å²) >= 11 is 0. The second-order valence-corrected chi connectivity index (χ2v) is 5.22. The van der Waals surface area contributed by atoms with Gasteiger partial charge in [0, 0.05) is 32.2 Å². The summed E-state index contributed by atoms with van der Waals surface area (Å²) in [5.74, 6) is 0. The molecule has 0 bridgehead atoms. The van der Waals surface area contributed by atoms with Crippen molar-refractivity contribution in [3.63, 3.8) is 0 Å². The van der Waals surface area contributed by atoms with Crippen LogP contribution in [-0.2, 0) is 6.42 Å². The quantitative estimate of drug-likeness (QED) is 0.911. The smallest absolute Gasteiger partial charge is 0.314 e. The molecule has 0 aliphatic carbocycles. The van der Waals surface area contributed by atoms with Gasteiger partial charge in [-0.15, -0.1) is 12.4 Å². The third kappa shape index (κ3) is 5.49. The average molecular weight is 323 g/mol. The van der Waals surface area contributed by atoms with Gasteiger partial charge in [0.15, 0.2) is 0 Å². The molecule has 1 aliphatic heterocycles. The number of benzene rings is 1. The maximum absolute atomic E-state index is 12.8. The Bertz CT molecular complexity index is 414. The lowest BCUT2D eigenvalue weighted by molar-refractivity contribution is -0.148. The van der Waals surface area contributed by atoms with Crippen molar-refractivity contribution in [2.24, 2.45) is 0 Å². The molecular weight excluding hydrogens is 301 g/mol. The standard InChI is InChI=1S/C15H21F3N2.ClH/c1-2-12-3-5-13(6-4-12)14(11-15(16,17)18)20-9-7-19-8-10-20;/h3-6,14,19H,2,7-11H2,1H3;1H/t14-;/m0./s1. The molecule has 0 aromatic heterocycles. The normalized spacial score (nSPS) is 18.1. The Morgan fingerprint density at radius 3 is 2.19 bits per heavy atom. The summed E-state index contributed by atoms with van der Waals surface area (Å²) in [4.78, 5) is 1.94. The topological polar surface area (TPSA) is 15.3 Å². The van der Waals surface area contributed by atoms with E-state index >= 15 is 0 Å². The number of hydrogen-bond acceptors (Lipinski definition) is 2. The number of hydrogen-bond donors (Lipinski definition) is 1. The van der Waals surface area contributed by atoms with Crippen LogP contribution in [0, 0.1) is 0 Å². The molecule has 1 saturated heterocycles. The third-order valence-electron chi connectivity index (χ3n) is 3.79. The van der Waals surface area contributed by atoms with E-state index in [0.717, 1.165) is 30.6 Å². The molecule has 0 saturated carbocycles. The van der Waals surface area contributed by atoms with Crippen LogP contribution >= 0.6 is 12.4 Å². The number of nitrogens with zero attached hydrogens (tertiary/aromatic N) is 1. The number of nitrogens with one attached hydrogen (secondary N) is 1. The largest absolute Gasteiger partial charge is 0.390 e. The van der Waals surface area contributed by atoms with Crippen molar-refractivity contribution in [2.75, 3.05) is 26.2 Å². The molecule has 0 spiro atoms. The highest BCUT2D eigenvalue weighted by Gasteiger charge is 2.35. The lowest BCUT2D eigenvalue weighted by atomic mass is 9.99. The minimum atomic E-state index is -4.14. The molecule has 1 aliphatic rings. The number of alkyl halides is 3. The first-order chi connectivity index (χ1) is 9.49. The summed E-state index contributed by atoms with van der Waals surface area (Å²) in [6.07, 6.45) is -4.02. The fourth-order valence-electron chi connectivity index (χ4n) is 2.65. The van der Waals surface area contributed by atoms with E-state index in [4.69, 9.17) is 0 Å². The Kier molecular flexibility index (Phi) is 6.97. The number of halogens is 4. The van der Waals surface area contributed by atoms with Crippen molar-refractivity contribution >= 4 is 12.4 Å². The van der Waals surface area contributed by atoms with Gasteiger partial charge in [-0.1, -0.05) is 31.2 Å². The summed E-state index contributed by atoms with van der Waals surface area (Å²) in [7, 11) is 0. The lowest BCUT2D eigenvalue weighted by Crippen LogP contribution is -2.46. The van der Waals surface area contributed by atoms with E-state index in [1.54, 1.807) is 0 Å². The summed E-state index contributed by atoms with van der Waals surface area (Å²) in [6, 6.07) is 6.99. The van der Waals surface area contributed by atoms with Gasteiger partial charge in [0.2, 0.25) is 0 Å². The molecule has 1 atom stereocenters. The predicted octanol–water partition coefficient (Wildman–Crippen LogP) is 3.57. The molecule has 1 fully saturated rings. The zero-order chi connectivity index (χ0) is 14.6. The highest BCUT2D eigenvalue weighted by molar-refractivity contribution is 5.85. The van der Waals surface area contributed by atoms with Crippen molar-refractivity contribution in [2.45, 2.75) is 32.0 Å². The first kappa shape index (κ1) is 18.3. The highest BCUT2D eigenvalue weighted by Crippen LogP contribution is 2.34. The third-order valence-corrected chi connectivity index (χ3v) is 3.79. The van der Waals surface area contributed by atoms with E-state index in [-0.39, 0.29) is 12.4 Å². The van der Waals surface area contributed by atoms with Crippen molar-refractivity contribution in [3.05, 3.63) is 35.4 Å². The molecule has 2 nitrogen and oxygen atoms in total. The van der Waals surface area contributed by atoms with Crippen LogP contribution in [-0.4, -0.2) is 37.3 Å². The maximum Gasteiger partial charge on any atom is 0.390 e. The Morgan fingerprint density at radius 1 is 1.14 bits per heavy atom. The number of rotatable bonds is 4. The molecule has 6 heteroatoms. The van der Waals surface area contributed by atoms with Gasteiger partial charge in [0.1, 0.15) is 0 Å². The van der Waals surface area contributed by atoms with Gasteiger partial charge in [-0.2, -0.15) is 13.2 Å². The van der Waals surface area contributed by atoms with Crippen molar-refractivity contribution in [1.82, 2.24) is 10.2 Å². The zero-order valence-corrected chi connectivity index (χ0v) is 12.9. The van der Waals surface area contributed by atoms with Crippen LogP contribution in [0.2, 0.25) is 0 Å². The minimum absolute atomic E-state index is 0. The Labute approximate surface area is 130 Å². The summed E-state index contributed by atoms with van der Waals surface area (Å²) < 4.78 is 38.5. The van der Waals surface area contributed by atoms with E-state index in [2.05, 4.69) is 5.32 Å². The molecule has 0 radical (unpaired) electrons. The second kappa shape index (κ2) is 8.01. The van der Waals surface area contributed by atoms with E-state index in [1.807, 2.05) is 36.1 Å². The van der Waals surface area contributed by atoms with Gasteiger partial charge in [-0.25, -0.2) is 0 Å². The molecular formula is C15H22ClF3N2. The van der Waals surface area contributed by atoms with Crippen LogP contribution < -0.4 is 5.32 Å². The van der Waals surface area contributed by atoms with E-state index < -0.39 is 18.6 Å². The molecule has 21 heavy (non-hydrogen) atoms. The van der Waals surface area contributed by atoms with Crippen molar-refractivity contribution in [3.8, 4) is 0 Å². The molecule has 120 valence electrons. The molecule has 1 N–H and O–H groups in total. The molecule has 0 amide bonds. The second-order valence-electron chi connectivity index (χ2n) is 5.22. The Balaban J connectivity index is 0.00000220. The van der Waals surface area contributed by atoms with Gasteiger partial charge in [-0.05, 0) is 17.5 Å². The summed E-state index contributed by atoms with van der Waals surface area (Å²) in [5, 5.41) is 3.18. The van der Waals surface area contributed by atoms with Gasteiger partial charge in [0.05, 0.1) is 6.42 Å². The molecule has 1 aromatic carbocycles. The van der Waals surface area contributed by atoms with Crippen LogP contribution in [0.15, 0.2) is 24.3 Å². The fourth-order valence-corrected chi connectivity index (χ4v) is 2.65. The van der Waals surface area contributed by atoms with Crippen molar-refractivity contribution < 1.29 is 13.2 Å². The molecule has 2 rings (SSSR count). The van der Waals surface area contributed by atoms with Gasteiger partial charge >= 0.3 is 6.18 Å². The highest BCUT2D eigenvalue weighted by atomic mass is 35.5. The van der Waals surface area contributed by atoms with Gasteiger partial charge in [-0.3, -0.25) is 4.90 Å². The Morgan fingerprint density at radius 2 is 1.71 bits per heavy atom. The first-order valence-electron chi connectivity index (χ1n) is 7.10. The number of aryl methyl sites for hydroxylation is 1. The van der Waals surface area contributed by atoms with Crippen LogP contribution in [0.4, 0.5) is 13.2 Å². The fraction of sp³-hybridized carbons (Fsp3) is 0.600. The number of piperazine rings is 1. The summed E-state index contributed by atoms with van der Waals surface area (Å²) in [6.45, 7) is 4.87. The zero-order valence-electron chi connectivity index (χ0n) is 12.1. The maximum atomic E-state index is 12.8. The van der Waals surface area contributed by atoms with Gasteiger partial charge < -0.3 is 5.32 Å². The van der Waals surface area contributed by atoms with Crippen LogP contribution in [0.5, 0.6) is 0 Å². The first-order valence-corrected chi connectivity index (χ1v) is 7.10. The Hall–Kier alpha value is -0.780. The van der Waals surface area contributed by atoms with E-state index in [0.29, 0.717) is 13.1 Å². The molecule has 0 unspecified atom stereocenters. The monoisotopic (exact) mass is 322 g/mol. The van der Waals surface area contributed by atoms with Crippen LogP contribution in [0.25, 0.3) is 0 Å². The summed E-state index contributed by atoms with van der Waals surface area (Å²) in [5.41, 5.74) is 1.92. The predicted molar refractivity (Wildman–Crippen MR) is 80.9 cm³/mol. The lowest BCUT2D eigenvalue weighted by Gasteiger charge is -2.35. The van der Waals surface area contributed by atoms with Crippen LogP contribution in [0.1, 0.15) is 30.5 Å². The molecule has 1 aromatic rings. The average Bonchev–Trinajstić information content (AvgIpc) is 2.45. The van der Waals surface area contributed by atoms with Crippen molar-refractivity contribution in [1.29, 1.82) is 0 Å². The van der Waals surface area contributed by atoms with E-state index in [1.165, 1.54) is 0 Å².